The lowest BCUT2D eigenvalue weighted by atomic mass is 9.97. The molecular formula is C28H22F3N7O. The summed E-state index contributed by atoms with van der Waals surface area (Å²) in [7, 11) is 1.80. The molecule has 6 rings (SSSR count). The molecular weight excluding hydrogens is 507 g/mol. The number of amides is 1. The van der Waals surface area contributed by atoms with Crippen LogP contribution in [-0.2, 0) is 19.8 Å². The molecule has 39 heavy (non-hydrogen) atoms. The maximum atomic E-state index is 13.7. The minimum absolute atomic E-state index is 0.00797. The molecule has 0 radical (unpaired) electrons. The van der Waals surface area contributed by atoms with Crippen LogP contribution in [0.4, 0.5) is 24.8 Å². The molecule has 1 aliphatic heterocycles. The smallest absolute Gasteiger partial charge is 0.367 e. The van der Waals surface area contributed by atoms with E-state index < -0.39 is 17.6 Å². The molecule has 8 nitrogen and oxygen atoms in total. The van der Waals surface area contributed by atoms with Crippen molar-refractivity contribution in [1.82, 2.24) is 19.7 Å². The van der Waals surface area contributed by atoms with Crippen LogP contribution < -0.4 is 10.2 Å². The number of aromatic nitrogens is 4. The summed E-state index contributed by atoms with van der Waals surface area (Å²) < 4.78 is 42.9. The van der Waals surface area contributed by atoms with E-state index in [4.69, 9.17) is 0 Å². The van der Waals surface area contributed by atoms with Gasteiger partial charge in [0.25, 0.3) is 5.91 Å². The van der Waals surface area contributed by atoms with Gasteiger partial charge >= 0.3 is 6.18 Å². The second-order valence-corrected chi connectivity index (χ2v) is 9.92. The molecule has 2 atom stereocenters. The topological polar surface area (TPSA) is 99.7 Å². The van der Waals surface area contributed by atoms with Crippen molar-refractivity contribution in [2.75, 3.05) is 10.2 Å². The summed E-state index contributed by atoms with van der Waals surface area (Å²) >= 11 is 0. The van der Waals surface area contributed by atoms with Crippen LogP contribution in [0.1, 0.15) is 40.4 Å². The van der Waals surface area contributed by atoms with Crippen molar-refractivity contribution in [2.45, 2.75) is 32.1 Å². The summed E-state index contributed by atoms with van der Waals surface area (Å²) in [6, 6.07) is 14.6. The van der Waals surface area contributed by atoms with Crippen LogP contribution in [0.5, 0.6) is 0 Å². The van der Waals surface area contributed by atoms with Crippen LogP contribution in [0, 0.1) is 17.2 Å². The number of halogens is 3. The fraction of sp³-hybridized carbons (Fsp3) is 0.250. The van der Waals surface area contributed by atoms with E-state index in [1.165, 1.54) is 17.0 Å². The Morgan fingerprint density at radius 3 is 2.56 bits per heavy atom. The maximum absolute atomic E-state index is 13.7. The highest BCUT2D eigenvalue weighted by Gasteiger charge is 2.40. The molecule has 2 aromatic heterocycles. The first-order valence-corrected chi connectivity index (χ1v) is 12.3. The van der Waals surface area contributed by atoms with Gasteiger partial charge in [0.1, 0.15) is 18.0 Å². The van der Waals surface area contributed by atoms with E-state index in [0.717, 1.165) is 12.5 Å². The molecule has 1 fully saturated rings. The summed E-state index contributed by atoms with van der Waals surface area (Å²) in [5.74, 6) is 1.16. The van der Waals surface area contributed by atoms with Gasteiger partial charge < -0.3 is 9.88 Å². The Balaban J connectivity index is 1.50. The van der Waals surface area contributed by atoms with E-state index in [1.54, 1.807) is 42.2 Å². The number of pyridine rings is 1. The molecule has 196 valence electrons. The molecule has 3 heterocycles. The molecule has 1 aliphatic carbocycles. The van der Waals surface area contributed by atoms with Gasteiger partial charge in [0.15, 0.2) is 5.82 Å². The van der Waals surface area contributed by atoms with Gasteiger partial charge in [-0.1, -0.05) is 13.0 Å². The van der Waals surface area contributed by atoms with E-state index in [0.29, 0.717) is 39.8 Å². The highest BCUT2D eigenvalue weighted by Crippen LogP contribution is 2.41. The summed E-state index contributed by atoms with van der Waals surface area (Å²) in [6.07, 6.45) is -2.07. The van der Waals surface area contributed by atoms with Crippen LogP contribution in [0.15, 0.2) is 54.9 Å². The molecule has 0 bridgehead atoms. The second-order valence-electron chi connectivity index (χ2n) is 9.92. The number of benzene rings is 2. The predicted octanol–water partition coefficient (Wildman–Crippen LogP) is 5.42. The van der Waals surface area contributed by atoms with E-state index in [-0.39, 0.29) is 29.5 Å². The predicted molar refractivity (Wildman–Crippen MR) is 138 cm³/mol. The zero-order valence-electron chi connectivity index (χ0n) is 21.0. The lowest BCUT2D eigenvalue weighted by Crippen LogP contribution is -2.24. The SMILES string of the molecule is C[C@H]1C[C@@H]1Nc1cc(-c2cc(C#N)ccc2-c2nncn2C)cc(N2Cc3c(cccc3C(F)(F)F)C2=O)n1. The van der Waals surface area contributed by atoms with Gasteiger partial charge in [0, 0.05) is 24.2 Å². The Morgan fingerprint density at radius 1 is 1.10 bits per heavy atom. The molecule has 1 amide bonds. The van der Waals surface area contributed by atoms with Gasteiger partial charge in [-0.2, -0.15) is 18.4 Å². The number of aryl methyl sites for hydroxylation is 1. The minimum atomic E-state index is -4.59. The van der Waals surface area contributed by atoms with E-state index >= 15 is 0 Å². The lowest BCUT2D eigenvalue weighted by molar-refractivity contribution is -0.138. The number of hydrogen-bond acceptors (Lipinski definition) is 6. The van der Waals surface area contributed by atoms with Gasteiger partial charge in [-0.05, 0) is 71.5 Å². The zero-order valence-corrected chi connectivity index (χ0v) is 21.0. The molecule has 1 saturated carbocycles. The first-order valence-electron chi connectivity index (χ1n) is 12.3. The van der Waals surface area contributed by atoms with Gasteiger partial charge in [-0.15, -0.1) is 10.2 Å². The summed E-state index contributed by atoms with van der Waals surface area (Å²) in [5.41, 5.74) is 1.51. The Labute approximate surface area is 221 Å². The summed E-state index contributed by atoms with van der Waals surface area (Å²) in [4.78, 5) is 19.3. The molecule has 0 unspecified atom stereocenters. The van der Waals surface area contributed by atoms with Crippen LogP contribution in [0.3, 0.4) is 0 Å². The number of nitrogens with one attached hydrogen (secondary N) is 1. The van der Waals surface area contributed by atoms with E-state index in [1.807, 2.05) is 6.07 Å². The third kappa shape index (κ3) is 4.37. The number of hydrogen-bond donors (Lipinski definition) is 1. The molecule has 2 aliphatic rings. The first kappa shape index (κ1) is 24.6. The standard InChI is InChI=1S/C28H22F3N7O/c1-15-8-23(15)34-24-10-17(20-9-16(12-32)6-7-18(20)26-36-33-14-37(26)2)11-25(35-24)38-13-21-19(27(38)39)4-3-5-22(21)28(29,30)31/h3-7,9-11,14-15,23H,8,13H2,1-2H3,(H,34,35)/t15-,23-/m0/s1. The second kappa shape index (κ2) is 8.94. The van der Waals surface area contributed by atoms with Gasteiger partial charge in [0.05, 0.1) is 23.7 Å². The minimum Gasteiger partial charge on any atom is -0.367 e. The maximum Gasteiger partial charge on any atom is 0.416 e. The van der Waals surface area contributed by atoms with Crippen molar-refractivity contribution in [3.8, 4) is 28.6 Å². The number of nitriles is 1. The number of carbonyl (C=O) groups is 1. The van der Waals surface area contributed by atoms with Crippen molar-refractivity contribution in [3.63, 3.8) is 0 Å². The normalized spacial score (nSPS) is 18.2. The van der Waals surface area contributed by atoms with Crippen molar-refractivity contribution >= 4 is 17.5 Å². The molecule has 1 N–H and O–H groups in total. The van der Waals surface area contributed by atoms with E-state index in [2.05, 4.69) is 33.5 Å². The fourth-order valence-corrected chi connectivity index (χ4v) is 4.95. The zero-order chi connectivity index (χ0) is 27.5. The molecule has 2 aromatic carbocycles. The number of nitrogens with zero attached hydrogens (tertiary/aromatic N) is 6. The van der Waals surface area contributed by atoms with Gasteiger partial charge in [-0.25, -0.2) is 4.98 Å². The molecule has 0 saturated heterocycles. The van der Waals surface area contributed by atoms with Crippen LogP contribution >= 0.6 is 0 Å². The Morgan fingerprint density at radius 2 is 1.90 bits per heavy atom. The third-order valence-electron chi connectivity index (χ3n) is 7.22. The van der Waals surface area contributed by atoms with Gasteiger partial charge in [-0.3, -0.25) is 9.69 Å². The number of anilines is 2. The number of fused-ring (bicyclic) bond motifs is 1. The van der Waals surface area contributed by atoms with Crippen LogP contribution in [-0.4, -0.2) is 31.7 Å². The Bertz CT molecular complexity index is 1670. The highest BCUT2D eigenvalue weighted by atomic mass is 19.4. The molecule has 11 heteroatoms. The number of carbonyl (C=O) groups excluding carboxylic acids is 1. The van der Waals surface area contributed by atoms with Crippen molar-refractivity contribution in [2.24, 2.45) is 13.0 Å². The largest absolute Gasteiger partial charge is 0.416 e. The monoisotopic (exact) mass is 529 g/mol. The Kier molecular flexibility index (Phi) is 5.64. The quantitative estimate of drug-likeness (QED) is 0.371. The number of rotatable bonds is 5. The Hall–Kier alpha value is -4.72. The first-order chi connectivity index (χ1) is 18.6. The van der Waals surface area contributed by atoms with Crippen molar-refractivity contribution in [3.05, 3.63) is 77.1 Å². The average molecular weight is 530 g/mol. The third-order valence-corrected chi connectivity index (χ3v) is 7.22. The summed E-state index contributed by atoms with van der Waals surface area (Å²) in [5, 5.41) is 21.2. The van der Waals surface area contributed by atoms with Crippen molar-refractivity contribution < 1.29 is 18.0 Å². The average Bonchev–Trinajstić information content (AvgIpc) is 3.27. The summed E-state index contributed by atoms with van der Waals surface area (Å²) in [6.45, 7) is 1.85. The van der Waals surface area contributed by atoms with Crippen molar-refractivity contribution in [1.29, 1.82) is 5.26 Å². The van der Waals surface area contributed by atoms with Crippen LogP contribution in [0.25, 0.3) is 22.5 Å². The van der Waals surface area contributed by atoms with Gasteiger partial charge in [0.2, 0.25) is 0 Å². The highest BCUT2D eigenvalue weighted by molar-refractivity contribution is 6.10. The fourth-order valence-electron chi connectivity index (χ4n) is 4.95. The molecule has 0 spiro atoms. The number of alkyl halides is 3. The van der Waals surface area contributed by atoms with E-state index in [9.17, 15) is 23.2 Å². The lowest BCUT2D eigenvalue weighted by Gasteiger charge is -2.19. The van der Waals surface area contributed by atoms with Crippen LogP contribution in [0.2, 0.25) is 0 Å². The molecule has 4 aromatic rings.